The molecule has 0 unspecified atom stereocenters. The fourth-order valence-corrected chi connectivity index (χ4v) is 2.84. The Morgan fingerprint density at radius 2 is 0.781 bits per heavy atom. The fourth-order valence-electron chi connectivity index (χ4n) is 2.84. The number of carboxylic acids is 2. The van der Waals surface area contributed by atoms with Crippen molar-refractivity contribution in [2.45, 2.75) is 117 Å². The van der Waals surface area contributed by atoms with Crippen LogP contribution in [0, 0.1) is 0 Å². The van der Waals surface area contributed by atoms with E-state index in [4.69, 9.17) is 19.7 Å². The number of hydrogen-bond donors (Lipinski definition) is 2. The van der Waals surface area contributed by atoms with Gasteiger partial charge in [0.05, 0.1) is 13.2 Å². The third-order valence-corrected chi connectivity index (χ3v) is 4.61. The quantitative estimate of drug-likeness (QED) is 0.138. The van der Waals surface area contributed by atoms with E-state index in [1.165, 1.54) is 51.4 Å². The molecule has 32 heavy (non-hydrogen) atoms. The molecule has 0 heterocycles. The zero-order valence-corrected chi connectivity index (χ0v) is 20.1. The van der Waals surface area contributed by atoms with Crippen LogP contribution in [0.2, 0.25) is 0 Å². The van der Waals surface area contributed by atoms with Crippen molar-refractivity contribution in [2.75, 3.05) is 13.2 Å². The van der Waals surface area contributed by atoms with E-state index in [-0.39, 0.29) is 0 Å². The van der Waals surface area contributed by atoms with Crippen molar-refractivity contribution in [3.05, 3.63) is 0 Å². The van der Waals surface area contributed by atoms with Crippen LogP contribution in [0.25, 0.3) is 0 Å². The van der Waals surface area contributed by atoms with Gasteiger partial charge in [0.2, 0.25) is 0 Å². The minimum atomic E-state index is -1.13. The summed E-state index contributed by atoms with van der Waals surface area (Å²) in [7, 11) is 0. The predicted octanol–water partition coefficient (Wildman–Crippen LogP) is 5.51. The molecule has 0 saturated carbocycles. The Kier molecular flexibility index (Phi) is 25.2. The summed E-state index contributed by atoms with van der Waals surface area (Å²) in [5, 5.41) is 16.6. The second kappa shape index (κ2) is 25.1. The van der Waals surface area contributed by atoms with Crippen molar-refractivity contribution in [3.63, 3.8) is 0 Å². The number of esters is 2. The fraction of sp³-hybridized carbons (Fsp3) is 0.833. The smallest absolute Gasteiger partial charge is 0.317 e. The monoisotopic (exact) mass is 460 g/mol. The summed E-state index contributed by atoms with van der Waals surface area (Å²) in [6, 6.07) is 0. The van der Waals surface area contributed by atoms with Gasteiger partial charge in [0, 0.05) is 0 Å². The molecule has 2 N–H and O–H groups in total. The number of ether oxygens (including phenoxy) is 2. The average molecular weight is 461 g/mol. The summed E-state index contributed by atoms with van der Waals surface area (Å²) in [5.74, 6) is -3.55. The van der Waals surface area contributed by atoms with Crippen LogP contribution in [-0.2, 0) is 28.7 Å². The number of rotatable bonds is 20. The molecule has 0 aromatic heterocycles. The van der Waals surface area contributed by atoms with Gasteiger partial charge in [0.1, 0.15) is 12.8 Å². The molecule has 0 aliphatic rings. The number of carboxylic acid groups (broad SMARTS) is 2. The van der Waals surface area contributed by atoms with E-state index in [0.29, 0.717) is 13.2 Å². The Hall–Kier alpha value is -2.12. The maximum atomic E-state index is 10.8. The van der Waals surface area contributed by atoms with Crippen LogP contribution in [-0.4, -0.2) is 47.3 Å². The lowest BCUT2D eigenvalue weighted by atomic mass is 10.1. The van der Waals surface area contributed by atoms with E-state index in [9.17, 15) is 19.2 Å². The van der Waals surface area contributed by atoms with Gasteiger partial charge < -0.3 is 19.7 Å². The van der Waals surface area contributed by atoms with Gasteiger partial charge in [0.15, 0.2) is 0 Å². The summed E-state index contributed by atoms with van der Waals surface area (Å²) in [5.41, 5.74) is 0. The molecule has 0 rings (SSSR count). The lowest BCUT2D eigenvalue weighted by molar-refractivity contribution is -0.153. The molecule has 0 radical (unpaired) electrons. The summed E-state index contributed by atoms with van der Waals surface area (Å²) in [6.45, 7) is 5.06. The lowest BCUT2D eigenvalue weighted by Crippen LogP contribution is -2.11. The van der Waals surface area contributed by atoms with Crippen LogP contribution >= 0.6 is 0 Å². The number of carbonyl (C=O) groups is 4. The van der Waals surface area contributed by atoms with Crippen molar-refractivity contribution in [1.29, 1.82) is 0 Å². The predicted molar refractivity (Wildman–Crippen MR) is 122 cm³/mol. The van der Waals surface area contributed by atoms with Gasteiger partial charge in [-0.1, -0.05) is 90.9 Å². The Labute approximate surface area is 193 Å². The zero-order valence-electron chi connectivity index (χ0n) is 20.1. The first kappa shape index (κ1) is 32.1. The van der Waals surface area contributed by atoms with Crippen molar-refractivity contribution in [2.24, 2.45) is 0 Å². The minimum absolute atomic E-state index is 0.347. The first-order valence-corrected chi connectivity index (χ1v) is 12.1. The van der Waals surface area contributed by atoms with Crippen LogP contribution in [0.15, 0.2) is 0 Å². The van der Waals surface area contributed by atoms with Gasteiger partial charge >= 0.3 is 23.9 Å². The van der Waals surface area contributed by atoms with Crippen LogP contribution in [0.5, 0.6) is 0 Å². The Morgan fingerprint density at radius 1 is 0.500 bits per heavy atom. The third-order valence-electron chi connectivity index (χ3n) is 4.61. The molecule has 0 atom stereocenters. The van der Waals surface area contributed by atoms with Crippen molar-refractivity contribution in [3.8, 4) is 0 Å². The number of hydrogen-bond acceptors (Lipinski definition) is 6. The average Bonchev–Trinajstić information content (AvgIpc) is 2.71. The summed E-state index contributed by atoms with van der Waals surface area (Å²) in [4.78, 5) is 41.9. The van der Waals surface area contributed by atoms with E-state index in [0.717, 1.165) is 38.5 Å². The van der Waals surface area contributed by atoms with E-state index < -0.39 is 36.7 Å². The largest absolute Gasteiger partial charge is 0.481 e. The maximum Gasteiger partial charge on any atom is 0.317 e. The molecule has 188 valence electrons. The first-order valence-electron chi connectivity index (χ1n) is 12.1. The number of aliphatic carboxylic acids is 2. The second-order valence-corrected chi connectivity index (χ2v) is 7.82. The molecule has 0 aromatic carbocycles. The molecule has 8 heteroatoms. The van der Waals surface area contributed by atoms with Gasteiger partial charge in [-0.15, -0.1) is 0 Å². The summed E-state index contributed by atoms with van der Waals surface area (Å²) < 4.78 is 9.52. The van der Waals surface area contributed by atoms with Crippen LogP contribution < -0.4 is 0 Å². The highest BCUT2D eigenvalue weighted by atomic mass is 16.5. The maximum absolute atomic E-state index is 10.8. The highest BCUT2D eigenvalue weighted by molar-refractivity contribution is 5.90. The van der Waals surface area contributed by atoms with Gasteiger partial charge in [-0.25, -0.2) is 0 Å². The zero-order chi connectivity index (χ0) is 24.5. The highest BCUT2D eigenvalue weighted by Gasteiger charge is 2.08. The van der Waals surface area contributed by atoms with Gasteiger partial charge in [-0.3, -0.25) is 19.2 Å². The molecule has 8 nitrogen and oxygen atoms in total. The van der Waals surface area contributed by atoms with E-state index >= 15 is 0 Å². The molecule has 0 aromatic rings. The second-order valence-electron chi connectivity index (χ2n) is 7.82. The van der Waals surface area contributed by atoms with Crippen LogP contribution in [0.3, 0.4) is 0 Å². The summed E-state index contributed by atoms with van der Waals surface area (Å²) >= 11 is 0. The van der Waals surface area contributed by atoms with Crippen LogP contribution in [0.1, 0.15) is 117 Å². The first-order chi connectivity index (χ1) is 15.3. The Balaban J connectivity index is 0. The molecule has 0 aliphatic heterocycles. The molecule has 0 fully saturated rings. The number of unbranched alkanes of at least 4 members (excludes halogenated alkanes) is 12. The molecule has 0 amide bonds. The highest BCUT2D eigenvalue weighted by Crippen LogP contribution is 2.08. The molecule has 0 spiro atoms. The summed E-state index contributed by atoms with van der Waals surface area (Å²) in [6.07, 6.45) is 15.1. The molecule has 0 aliphatic carbocycles. The Morgan fingerprint density at radius 3 is 1.06 bits per heavy atom. The lowest BCUT2D eigenvalue weighted by Gasteiger charge is -2.03. The Bertz CT molecular complexity index is 446. The van der Waals surface area contributed by atoms with E-state index in [1.54, 1.807) is 0 Å². The van der Waals surface area contributed by atoms with Gasteiger partial charge in [-0.2, -0.15) is 0 Å². The molecular formula is C24H44O8. The van der Waals surface area contributed by atoms with Gasteiger partial charge in [-0.05, 0) is 12.8 Å². The number of carbonyl (C=O) groups excluding carboxylic acids is 2. The van der Waals surface area contributed by atoms with Gasteiger partial charge in [0.25, 0.3) is 0 Å². The molecule has 0 bridgehead atoms. The SMILES string of the molecule is CCCCCCCCCOC(=O)CC(=O)O.CCCCCCCCCOC(=O)CC(=O)O. The minimum Gasteiger partial charge on any atom is -0.481 e. The topological polar surface area (TPSA) is 127 Å². The van der Waals surface area contributed by atoms with E-state index in [1.807, 2.05) is 0 Å². The molecule has 0 saturated heterocycles. The molecular weight excluding hydrogens is 416 g/mol. The normalized spacial score (nSPS) is 10.1. The third kappa shape index (κ3) is 30.1. The van der Waals surface area contributed by atoms with Crippen molar-refractivity contribution in [1.82, 2.24) is 0 Å². The van der Waals surface area contributed by atoms with Crippen molar-refractivity contribution < 1.29 is 38.9 Å². The standard InChI is InChI=1S/2C12H22O4/c2*1-2-3-4-5-6-7-8-9-16-12(15)10-11(13)14/h2*2-10H2,1H3,(H,13,14). The van der Waals surface area contributed by atoms with E-state index in [2.05, 4.69) is 13.8 Å². The van der Waals surface area contributed by atoms with Crippen molar-refractivity contribution >= 4 is 23.9 Å². The van der Waals surface area contributed by atoms with Crippen LogP contribution in [0.4, 0.5) is 0 Å².